The molecule has 0 saturated heterocycles. The van der Waals surface area contributed by atoms with Crippen LogP contribution in [0.3, 0.4) is 0 Å². The summed E-state index contributed by atoms with van der Waals surface area (Å²) in [6.07, 6.45) is 5.94. The predicted octanol–water partition coefficient (Wildman–Crippen LogP) is 3.27. The van der Waals surface area contributed by atoms with Crippen molar-refractivity contribution in [2.45, 2.75) is 44.9 Å². The molecule has 0 heterocycles. The average molecular weight is 303 g/mol. The lowest BCUT2D eigenvalue weighted by Crippen LogP contribution is -2.34. The molecule has 2 amide bonds. The second-order valence-corrected chi connectivity index (χ2v) is 6.04. The second kappa shape index (κ2) is 8.08. The van der Waals surface area contributed by atoms with Crippen LogP contribution in [0.25, 0.3) is 0 Å². The lowest BCUT2D eigenvalue weighted by Gasteiger charge is -2.29. The normalized spacial score (nSPS) is 21.4. The first-order chi connectivity index (χ1) is 10.7. The first kappa shape index (κ1) is 16.7. The standard InChI is InChI=1S/C18H25NO3/c1-3-13-7-6-8-14(11-13)15-9-4-5-10-16(15)18(21)19-17(20)12-22-2/h4-5,9-10,13-14H,3,6-8,11-12H2,1-2H3,(H,19,20,21). The van der Waals surface area contributed by atoms with Gasteiger partial charge in [0.15, 0.2) is 0 Å². The smallest absolute Gasteiger partial charge is 0.258 e. The van der Waals surface area contributed by atoms with Gasteiger partial charge in [-0.05, 0) is 36.3 Å². The van der Waals surface area contributed by atoms with Gasteiger partial charge in [0.1, 0.15) is 6.61 Å². The van der Waals surface area contributed by atoms with Gasteiger partial charge in [-0.1, -0.05) is 44.4 Å². The van der Waals surface area contributed by atoms with E-state index >= 15 is 0 Å². The van der Waals surface area contributed by atoms with Gasteiger partial charge in [0.2, 0.25) is 0 Å². The van der Waals surface area contributed by atoms with Crippen molar-refractivity contribution in [3.05, 3.63) is 35.4 Å². The molecule has 0 radical (unpaired) electrons. The molecule has 4 nitrogen and oxygen atoms in total. The number of hydrogen-bond acceptors (Lipinski definition) is 3. The molecule has 1 aromatic rings. The lowest BCUT2D eigenvalue weighted by atomic mass is 9.76. The Labute approximate surface area is 132 Å². The molecule has 1 aliphatic carbocycles. The summed E-state index contributed by atoms with van der Waals surface area (Å²) < 4.78 is 4.75. The highest BCUT2D eigenvalue weighted by atomic mass is 16.5. The summed E-state index contributed by atoms with van der Waals surface area (Å²) in [6.45, 7) is 2.13. The van der Waals surface area contributed by atoms with E-state index < -0.39 is 5.91 Å². The van der Waals surface area contributed by atoms with Crippen LogP contribution < -0.4 is 5.32 Å². The van der Waals surface area contributed by atoms with Gasteiger partial charge < -0.3 is 4.74 Å². The number of amides is 2. The number of benzene rings is 1. The highest BCUT2D eigenvalue weighted by Crippen LogP contribution is 2.38. The van der Waals surface area contributed by atoms with E-state index in [2.05, 4.69) is 12.2 Å². The van der Waals surface area contributed by atoms with Gasteiger partial charge in [0.05, 0.1) is 0 Å². The first-order valence-electron chi connectivity index (χ1n) is 8.07. The molecule has 1 N–H and O–H groups in total. The fourth-order valence-corrected chi connectivity index (χ4v) is 3.37. The number of carbonyl (C=O) groups is 2. The molecular formula is C18H25NO3. The van der Waals surface area contributed by atoms with Crippen molar-refractivity contribution in [3.63, 3.8) is 0 Å². The Bertz CT molecular complexity index is 527. The van der Waals surface area contributed by atoms with E-state index in [1.807, 2.05) is 18.2 Å². The summed E-state index contributed by atoms with van der Waals surface area (Å²) in [5.74, 6) is 0.428. The summed E-state index contributed by atoms with van der Waals surface area (Å²) in [6, 6.07) is 7.65. The van der Waals surface area contributed by atoms with Crippen LogP contribution in [0.15, 0.2) is 24.3 Å². The maximum Gasteiger partial charge on any atom is 0.258 e. The fraction of sp³-hybridized carbons (Fsp3) is 0.556. The summed E-state index contributed by atoms with van der Waals surface area (Å²) in [5, 5.41) is 2.40. The predicted molar refractivity (Wildman–Crippen MR) is 85.8 cm³/mol. The summed E-state index contributed by atoms with van der Waals surface area (Å²) in [4.78, 5) is 23.9. The lowest BCUT2D eigenvalue weighted by molar-refractivity contribution is -0.123. The first-order valence-corrected chi connectivity index (χ1v) is 8.07. The van der Waals surface area contributed by atoms with Crippen LogP contribution in [0.2, 0.25) is 0 Å². The Morgan fingerprint density at radius 2 is 2.05 bits per heavy atom. The zero-order valence-corrected chi connectivity index (χ0v) is 13.4. The van der Waals surface area contributed by atoms with Gasteiger partial charge >= 0.3 is 0 Å². The molecule has 1 aromatic carbocycles. The Kier molecular flexibility index (Phi) is 6.13. The van der Waals surface area contributed by atoms with Crippen molar-refractivity contribution in [1.29, 1.82) is 0 Å². The van der Waals surface area contributed by atoms with Crippen molar-refractivity contribution in [2.24, 2.45) is 5.92 Å². The van der Waals surface area contributed by atoms with E-state index in [0.29, 0.717) is 11.5 Å². The van der Waals surface area contributed by atoms with Crippen molar-refractivity contribution < 1.29 is 14.3 Å². The maximum absolute atomic E-state index is 12.4. The molecule has 0 bridgehead atoms. The molecule has 120 valence electrons. The Balaban J connectivity index is 2.15. The van der Waals surface area contributed by atoms with Gasteiger partial charge in [-0.3, -0.25) is 14.9 Å². The number of carbonyl (C=O) groups excluding carboxylic acids is 2. The van der Waals surface area contributed by atoms with Crippen LogP contribution in [0, 0.1) is 5.92 Å². The molecule has 4 heteroatoms. The summed E-state index contributed by atoms with van der Waals surface area (Å²) in [5.41, 5.74) is 1.69. The highest BCUT2D eigenvalue weighted by molar-refractivity contribution is 6.05. The fourth-order valence-electron chi connectivity index (χ4n) is 3.37. The van der Waals surface area contributed by atoms with Gasteiger partial charge in [0, 0.05) is 12.7 Å². The van der Waals surface area contributed by atoms with Crippen molar-refractivity contribution >= 4 is 11.8 Å². The van der Waals surface area contributed by atoms with Gasteiger partial charge in [-0.15, -0.1) is 0 Å². The topological polar surface area (TPSA) is 55.4 Å². The number of rotatable bonds is 5. The minimum Gasteiger partial charge on any atom is -0.375 e. The van der Waals surface area contributed by atoms with Crippen molar-refractivity contribution in [2.75, 3.05) is 13.7 Å². The molecule has 22 heavy (non-hydrogen) atoms. The number of nitrogens with one attached hydrogen (secondary N) is 1. The van der Waals surface area contributed by atoms with Crippen molar-refractivity contribution in [3.8, 4) is 0 Å². The molecule has 2 unspecified atom stereocenters. The Hall–Kier alpha value is -1.68. The third-order valence-electron chi connectivity index (χ3n) is 4.53. The number of ether oxygens (including phenoxy) is 1. The summed E-state index contributed by atoms with van der Waals surface area (Å²) >= 11 is 0. The minimum absolute atomic E-state index is 0.102. The highest BCUT2D eigenvalue weighted by Gasteiger charge is 2.25. The molecule has 0 aliphatic heterocycles. The largest absolute Gasteiger partial charge is 0.375 e. The monoisotopic (exact) mass is 303 g/mol. The van der Waals surface area contributed by atoms with E-state index in [9.17, 15) is 9.59 Å². The average Bonchev–Trinajstić information content (AvgIpc) is 2.55. The zero-order valence-electron chi connectivity index (χ0n) is 13.4. The number of imide groups is 1. The zero-order chi connectivity index (χ0) is 15.9. The Morgan fingerprint density at radius 3 is 2.77 bits per heavy atom. The Morgan fingerprint density at radius 1 is 1.27 bits per heavy atom. The van der Waals surface area contributed by atoms with Crippen LogP contribution >= 0.6 is 0 Å². The van der Waals surface area contributed by atoms with Gasteiger partial charge in [-0.2, -0.15) is 0 Å². The molecule has 0 spiro atoms. The van der Waals surface area contributed by atoms with Crippen LogP contribution in [0.5, 0.6) is 0 Å². The molecule has 2 rings (SSSR count). The van der Waals surface area contributed by atoms with Gasteiger partial charge in [-0.25, -0.2) is 0 Å². The van der Waals surface area contributed by atoms with E-state index in [1.54, 1.807) is 6.07 Å². The van der Waals surface area contributed by atoms with E-state index in [1.165, 1.54) is 26.4 Å². The van der Waals surface area contributed by atoms with E-state index in [0.717, 1.165) is 24.3 Å². The maximum atomic E-state index is 12.4. The third kappa shape index (κ3) is 4.17. The quantitative estimate of drug-likeness (QED) is 0.908. The molecule has 1 saturated carbocycles. The molecule has 1 fully saturated rings. The molecule has 1 aliphatic rings. The molecular weight excluding hydrogens is 278 g/mol. The van der Waals surface area contributed by atoms with Gasteiger partial charge in [0.25, 0.3) is 11.8 Å². The van der Waals surface area contributed by atoms with Crippen LogP contribution in [-0.4, -0.2) is 25.5 Å². The number of hydrogen-bond donors (Lipinski definition) is 1. The SMILES string of the molecule is CCC1CCCC(c2ccccc2C(=O)NC(=O)COC)C1. The number of methoxy groups -OCH3 is 1. The minimum atomic E-state index is -0.405. The molecule has 2 atom stereocenters. The van der Waals surface area contributed by atoms with Crippen LogP contribution in [0.4, 0.5) is 0 Å². The van der Waals surface area contributed by atoms with E-state index in [4.69, 9.17) is 4.74 Å². The summed E-state index contributed by atoms with van der Waals surface area (Å²) in [7, 11) is 1.44. The third-order valence-corrected chi connectivity index (χ3v) is 4.53. The molecule has 0 aromatic heterocycles. The second-order valence-electron chi connectivity index (χ2n) is 6.04. The van der Waals surface area contributed by atoms with Crippen LogP contribution in [0.1, 0.15) is 60.9 Å². The van der Waals surface area contributed by atoms with E-state index in [-0.39, 0.29) is 12.5 Å². The van der Waals surface area contributed by atoms with Crippen LogP contribution in [-0.2, 0) is 9.53 Å². The van der Waals surface area contributed by atoms with Crippen molar-refractivity contribution in [1.82, 2.24) is 5.32 Å².